The van der Waals surface area contributed by atoms with Gasteiger partial charge in [0.05, 0.1) is 16.6 Å². The summed E-state index contributed by atoms with van der Waals surface area (Å²) in [4.78, 5) is 23.2. The minimum Gasteiger partial charge on any atom is -0.383 e. The molecule has 0 amide bonds. The molecule has 0 fully saturated rings. The lowest BCUT2D eigenvalue weighted by Gasteiger charge is -2.13. The zero-order valence-corrected chi connectivity index (χ0v) is 13.8. The maximum atomic E-state index is 13.5. The summed E-state index contributed by atoms with van der Waals surface area (Å²) in [6.07, 6.45) is 4.98. The van der Waals surface area contributed by atoms with Gasteiger partial charge in [-0.3, -0.25) is 9.36 Å². The van der Waals surface area contributed by atoms with E-state index >= 15 is 0 Å². The molecule has 0 atom stereocenters. The second-order valence-electron chi connectivity index (χ2n) is 5.36. The van der Waals surface area contributed by atoms with Crippen LogP contribution in [0.15, 0.2) is 47.5 Å². The van der Waals surface area contributed by atoms with Gasteiger partial charge in [0.2, 0.25) is 0 Å². The van der Waals surface area contributed by atoms with Gasteiger partial charge in [0.1, 0.15) is 11.6 Å². The number of nitrogens with zero attached hydrogens (tertiary/aromatic N) is 4. The van der Waals surface area contributed by atoms with E-state index in [4.69, 9.17) is 11.6 Å². The first-order valence-corrected chi connectivity index (χ1v) is 7.53. The maximum Gasteiger partial charge on any atom is 0.266 e. The van der Waals surface area contributed by atoms with Crippen molar-refractivity contribution >= 4 is 28.6 Å². The molecule has 0 radical (unpaired) electrons. The lowest BCUT2D eigenvalue weighted by molar-refractivity contribution is 0.567. The molecular formula is C17H14ClFN4O. The summed E-state index contributed by atoms with van der Waals surface area (Å²) in [6.45, 7) is 0. The van der Waals surface area contributed by atoms with Gasteiger partial charge in [0, 0.05) is 26.5 Å². The molecule has 2 heterocycles. The second-order valence-corrected chi connectivity index (χ2v) is 5.72. The van der Waals surface area contributed by atoms with E-state index in [9.17, 15) is 9.18 Å². The summed E-state index contributed by atoms with van der Waals surface area (Å²) in [5.74, 6) is -0.121. The fraction of sp³-hybridized carbons (Fsp3) is 0.118. The Bertz CT molecular complexity index is 998. The summed E-state index contributed by atoms with van der Waals surface area (Å²) in [5, 5.41) is 0.341. The summed E-state index contributed by atoms with van der Waals surface area (Å²) in [6, 6.07) is 7.26. The molecule has 0 aliphatic heterocycles. The molecule has 3 aromatic rings. The average molecular weight is 345 g/mol. The van der Waals surface area contributed by atoms with Gasteiger partial charge in [-0.15, -0.1) is 0 Å². The summed E-state index contributed by atoms with van der Waals surface area (Å²) in [5.41, 5.74) is 0.394. The Morgan fingerprint density at radius 1 is 1.29 bits per heavy atom. The van der Waals surface area contributed by atoms with Crippen LogP contribution in [0.3, 0.4) is 0 Å². The Morgan fingerprint density at radius 3 is 2.79 bits per heavy atom. The summed E-state index contributed by atoms with van der Waals surface area (Å²) >= 11 is 6.14. The van der Waals surface area contributed by atoms with Crippen molar-refractivity contribution in [2.24, 2.45) is 0 Å². The molecular weight excluding hydrogens is 331 g/mol. The van der Waals surface area contributed by atoms with Gasteiger partial charge in [0.15, 0.2) is 5.15 Å². The van der Waals surface area contributed by atoms with Crippen LogP contribution in [0.5, 0.6) is 0 Å². The number of fused-ring (bicyclic) bond motifs is 1. The van der Waals surface area contributed by atoms with E-state index in [1.54, 1.807) is 24.4 Å². The highest BCUT2D eigenvalue weighted by Crippen LogP contribution is 2.20. The molecule has 0 unspecified atom stereocenters. The van der Waals surface area contributed by atoms with E-state index in [-0.39, 0.29) is 10.5 Å². The molecule has 5 nitrogen and oxygen atoms in total. The lowest BCUT2D eigenvalue weighted by Crippen LogP contribution is -2.23. The number of rotatable bonds is 3. The first kappa shape index (κ1) is 16.1. The van der Waals surface area contributed by atoms with Crippen LogP contribution in [0.2, 0.25) is 5.15 Å². The zero-order valence-electron chi connectivity index (χ0n) is 13.1. The van der Waals surface area contributed by atoms with Crippen LogP contribution in [0.25, 0.3) is 22.7 Å². The minimum atomic E-state index is -0.498. The van der Waals surface area contributed by atoms with Crippen molar-refractivity contribution in [3.8, 4) is 5.69 Å². The van der Waals surface area contributed by atoms with E-state index in [1.807, 2.05) is 19.0 Å². The smallest absolute Gasteiger partial charge is 0.266 e. The van der Waals surface area contributed by atoms with Crippen LogP contribution >= 0.6 is 11.6 Å². The number of hydrogen-bond acceptors (Lipinski definition) is 4. The van der Waals surface area contributed by atoms with Crippen molar-refractivity contribution in [3.05, 3.63) is 69.9 Å². The maximum absolute atomic E-state index is 13.5. The standard InChI is InChI=1S/C17H14ClFN4O/c1-22(2)9-7-15-21-13-6-5-11(19)10-12(13)17(24)23(15)14-4-3-8-20-16(14)18/h3-10H,1-2H3. The molecule has 2 aromatic heterocycles. The van der Waals surface area contributed by atoms with E-state index < -0.39 is 11.4 Å². The Labute approximate surface area is 142 Å². The molecule has 0 aliphatic carbocycles. The monoisotopic (exact) mass is 344 g/mol. The highest BCUT2D eigenvalue weighted by atomic mass is 35.5. The molecule has 0 saturated carbocycles. The summed E-state index contributed by atoms with van der Waals surface area (Å²) < 4.78 is 14.9. The van der Waals surface area contributed by atoms with E-state index in [1.165, 1.54) is 29.0 Å². The molecule has 7 heteroatoms. The first-order valence-electron chi connectivity index (χ1n) is 7.15. The fourth-order valence-corrected chi connectivity index (χ4v) is 2.48. The van der Waals surface area contributed by atoms with Crippen molar-refractivity contribution in [2.45, 2.75) is 0 Å². The highest BCUT2D eigenvalue weighted by Gasteiger charge is 2.14. The molecule has 122 valence electrons. The van der Waals surface area contributed by atoms with E-state index in [0.29, 0.717) is 17.0 Å². The Kier molecular flexibility index (Phi) is 4.31. The van der Waals surface area contributed by atoms with Crippen LogP contribution < -0.4 is 5.56 Å². The summed E-state index contributed by atoms with van der Waals surface area (Å²) in [7, 11) is 3.71. The molecule has 24 heavy (non-hydrogen) atoms. The SMILES string of the molecule is CN(C)C=Cc1nc2ccc(F)cc2c(=O)n1-c1cccnc1Cl. The van der Waals surface area contributed by atoms with Gasteiger partial charge in [-0.25, -0.2) is 14.4 Å². The molecule has 0 saturated heterocycles. The Balaban J connectivity index is 2.39. The number of benzene rings is 1. The average Bonchev–Trinajstić information content (AvgIpc) is 2.55. The van der Waals surface area contributed by atoms with Crippen LogP contribution in [0.4, 0.5) is 4.39 Å². The quantitative estimate of drug-likeness (QED) is 0.685. The van der Waals surface area contributed by atoms with Crippen LogP contribution in [0, 0.1) is 5.82 Å². The predicted molar refractivity (Wildman–Crippen MR) is 92.8 cm³/mol. The van der Waals surface area contributed by atoms with Gasteiger partial charge in [-0.1, -0.05) is 11.6 Å². The van der Waals surface area contributed by atoms with Crippen molar-refractivity contribution in [1.82, 2.24) is 19.4 Å². The van der Waals surface area contributed by atoms with Gasteiger partial charge >= 0.3 is 0 Å². The topological polar surface area (TPSA) is 51.0 Å². The first-order chi connectivity index (χ1) is 11.5. The predicted octanol–water partition coefficient (Wildman–Crippen LogP) is 3.11. The molecule has 3 rings (SSSR count). The third-order valence-electron chi connectivity index (χ3n) is 3.36. The van der Waals surface area contributed by atoms with Gasteiger partial charge in [-0.05, 0) is 36.4 Å². The van der Waals surface area contributed by atoms with E-state index in [0.717, 1.165) is 0 Å². The molecule has 0 aliphatic rings. The number of aromatic nitrogens is 3. The molecule has 0 spiro atoms. The molecule has 0 bridgehead atoms. The normalized spacial score (nSPS) is 11.3. The zero-order chi connectivity index (χ0) is 17.3. The van der Waals surface area contributed by atoms with Gasteiger partial charge in [-0.2, -0.15) is 0 Å². The highest BCUT2D eigenvalue weighted by molar-refractivity contribution is 6.31. The van der Waals surface area contributed by atoms with Crippen LogP contribution in [0.1, 0.15) is 5.82 Å². The number of halogens is 2. The lowest BCUT2D eigenvalue weighted by atomic mass is 10.2. The number of pyridine rings is 1. The van der Waals surface area contributed by atoms with E-state index in [2.05, 4.69) is 9.97 Å². The number of hydrogen-bond donors (Lipinski definition) is 0. The van der Waals surface area contributed by atoms with Crippen molar-refractivity contribution in [3.63, 3.8) is 0 Å². The Hall–Kier alpha value is -2.73. The fourth-order valence-electron chi connectivity index (χ4n) is 2.28. The van der Waals surface area contributed by atoms with Crippen LogP contribution in [-0.4, -0.2) is 33.5 Å². The third kappa shape index (κ3) is 3.00. The third-order valence-corrected chi connectivity index (χ3v) is 3.65. The van der Waals surface area contributed by atoms with Gasteiger partial charge in [0.25, 0.3) is 5.56 Å². The van der Waals surface area contributed by atoms with Gasteiger partial charge < -0.3 is 4.90 Å². The van der Waals surface area contributed by atoms with Crippen LogP contribution in [-0.2, 0) is 0 Å². The molecule has 0 N–H and O–H groups in total. The van der Waals surface area contributed by atoms with Crippen molar-refractivity contribution in [2.75, 3.05) is 14.1 Å². The van der Waals surface area contributed by atoms with Crippen molar-refractivity contribution < 1.29 is 4.39 Å². The minimum absolute atomic E-state index is 0.164. The second kappa shape index (κ2) is 6.41. The molecule has 1 aromatic carbocycles. The largest absolute Gasteiger partial charge is 0.383 e. The Morgan fingerprint density at radius 2 is 2.08 bits per heavy atom. The van der Waals surface area contributed by atoms with Crippen molar-refractivity contribution in [1.29, 1.82) is 0 Å².